The smallest absolute Gasteiger partial charge is 0.323 e. The van der Waals surface area contributed by atoms with Gasteiger partial charge in [-0.25, -0.2) is 9.78 Å². The predicted octanol–water partition coefficient (Wildman–Crippen LogP) is 5.23. The van der Waals surface area contributed by atoms with Crippen LogP contribution in [0.3, 0.4) is 0 Å². The number of para-hydroxylation sites is 1. The third-order valence-corrected chi connectivity index (χ3v) is 7.29. The summed E-state index contributed by atoms with van der Waals surface area (Å²) < 4.78 is 15.9. The Morgan fingerprint density at radius 3 is 2.21 bits per heavy atom. The van der Waals surface area contributed by atoms with Crippen LogP contribution < -0.4 is 35.5 Å². The number of benzene rings is 3. The summed E-state index contributed by atoms with van der Waals surface area (Å²) in [5.41, 5.74) is 3.48. The van der Waals surface area contributed by atoms with Gasteiger partial charge in [0.1, 0.15) is 11.6 Å². The number of methoxy groups -OCH3 is 3. The van der Waals surface area contributed by atoms with Crippen molar-refractivity contribution < 1.29 is 38.5 Å². The van der Waals surface area contributed by atoms with Gasteiger partial charge in [-0.05, 0) is 66.1 Å². The van der Waals surface area contributed by atoms with Gasteiger partial charge in [0.2, 0.25) is 0 Å². The number of nitrogens with zero attached hydrogens (tertiary/aromatic N) is 1. The summed E-state index contributed by atoms with van der Waals surface area (Å²) in [7, 11) is 4.41. The minimum Gasteiger partial charge on any atom is -0.495 e. The van der Waals surface area contributed by atoms with Crippen molar-refractivity contribution >= 4 is 40.9 Å². The molecule has 4 aromatic rings. The standard InChI is InChI=1S/C35H37N5O8/c1-21-7-5-6-8-26(21)39-35(45)40-27-12-9-22(16-30(27)47-3)15-25(41)20-37-32-14-11-24(19-36-32)28(18-33(42)43)38-34(44)23-10-13-29(46-2)31(17-23)48-4/h5-14,16-17,19,28H,15,18,20H2,1-4H3,(H,36,37)(H,38,44)(H,42,43)(H2,39,40,45). The van der Waals surface area contributed by atoms with E-state index < -0.39 is 23.9 Å². The van der Waals surface area contributed by atoms with E-state index in [0.29, 0.717) is 45.6 Å². The lowest BCUT2D eigenvalue weighted by Crippen LogP contribution is -2.30. The van der Waals surface area contributed by atoms with Crippen molar-refractivity contribution in [3.63, 3.8) is 0 Å². The van der Waals surface area contributed by atoms with E-state index in [1.165, 1.54) is 33.6 Å². The maximum atomic E-state index is 13.0. The third-order valence-electron chi connectivity index (χ3n) is 7.29. The first-order valence-corrected chi connectivity index (χ1v) is 14.9. The average molecular weight is 656 g/mol. The number of rotatable bonds is 15. The Bertz CT molecular complexity index is 1780. The van der Waals surface area contributed by atoms with Gasteiger partial charge in [-0.3, -0.25) is 14.4 Å². The zero-order valence-electron chi connectivity index (χ0n) is 27.0. The number of amides is 3. The molecule has 0 aliphatic heterocycles. The molecule has 0 bridgehead atoms. The van der Waals surface area contributed by atoms with Crippen LogP contribution in [0.25, 0.3) is 0 Å². The van der Waals surface area contributed by atoms with Crippen LogP contribution in [0.1, 0.15) is 39.5 Å². The Labute approximate surface area is 277 Å². The second-order valence-corrected chi connectivity index (χ2v) is 10.7. The number of urea groups is 1. The third kappa shape index (κ3) is 9.45. The topological polar surface area (TPSA) is 177 Å². The molecule has 13 nitrogen and oxygen atoms in total. The number of carboxylic acid groups (broad SMARTS) is 1. The number of carbonyl (C=O) groups excluding carboxylic acids is 3. The zero-order valence-corrected chi connectivity index (χ0v) is 27.0. The molecule has 0 aliphatic rings. The van der Waals surface area contributed by atoms with Gasteiger partial charge in [0.15, 0.2) is 17.3 Å². The van der Waals surface area contributed by atoms with E-state index >= 15 is 0 Å². The van der Waals surface area contributed by atoms with Gasteiger partial charge >= 0.3 is 12.0 Å². The molecular formula is C35H37N5O8. The summed E-state index contributed by atoms with van der Waals surface area (Å²) in [6, 6.07) is 19.1. The SMILES string of the molecule is COc1cc(CC(=O)CNc2ccc(C(CC(=O)O)NC(=O)c3ccc(OC)c(OC)c3)cn2)ccc1NC(=O)Nc1ccccc1C. The second-order valence-electron chi connectivity index (χ2n) is 10.7. The monoisotopic (exact) mass is 655 g/mol. The summed E-state index contributed by atoms with van der Waals surface area (Å²) in [6.07, 6.45) is 1.17. The fraction of sp³-hybridized carbons (Fsp3) is 0.229. The number of aromatic nitrogens is 1. The molecule has 1 unspecified atom stereocenters. The van der Waals surface area contributed by atoms with Crippen molar-refractivity contribution in [2.45, 2.75) is 25.8 Å². The molecule has 0 fully saturated rings. The highest BCUT2D eigenvalue weighted by Crippen LogP contribution is 2.29. The molecule has 5 N–H and O–H groups in total. The number of aliphatic carboxylic acids is 1. The number of hydrogen-bond donors (Lipinski definition) is 5. The van der Waals surface area contributed by atoms with Crippen LogP contribution >= 0.6 is 0 Å². The maximum Gasteiger partial charge on any atom is 0.323 e. The van der Waals surface area contributed by atoms with E-state index in [0.717, 1.165) is 5.56 Å². The number of anilines is 3. The number of Topliss-reactive ketones (excluding diaryl/α,β-unsaturated/α-hetero) is 1. The zero-order chi connectivity index (χ0) is 34.6. The van der Waals surface area contributed by atoms with E-state index in [-0.39, 0.29) is 30.7 Å². The second kappa shape index (κ2) is 16.5. The molecule has 250 valence electrons. The molecular weight excluding hydrogens is 618 g/mol. The fourth-order valence-electron chi connectivity index (χ4n) is 4.78. The van der Waals surface area contributed by atoms with Crippen LogP contribution in [0.15, 0.2) is 79.0 Å². The van der Waals surface area contributed by atoms with Gasteiger partial charge in [-0.2, -0.15) is 0 Å². The van der Waals surface area contributed by atoms with Gasteiger partial charge < -0.3 is 40.6 Å². The van der Waals surface area contributed by atoms with Gasteiger partial charge in [0.25, 0.3) is 5.91 Å². The summed E-state index contributed by atoms with van der Waals surface area (Å²) in [5, 5.41) is 20.7. The van der Waals surface area contributed by atoms with Crippen LogP contribution in [0.5, 0.6) is 17.2 Å². The lowest BCUT2D eigenvalue weighted by Gasteiger charge is -2.18. The molecule has 13 heteroatoms. The van der Waals surface area contributed by atoms with E-state index in [4.69, 9.17) is 14.2 Å². The number of ketones is 1. The van der Waals surface area contributed by atoms with Crippen LogP contribution in [-0.4, -0.2) is 61.7 Å². The number of pyridine rings is 1. The predicted molar refractivity (Wildman–Crippen MR) is 180 cm³/mol. The molecule has 1 atom stereocenters. The summed E-state index contributed by atoms with van der Waals surface area (Å²) in [6.45, 7) is 1.87. The van der Waals surface area contributed by atoms with E-state index in [1.54, 1.807) is 48.5 Å². The molecule has 0 radical (unpaired) electrons. The highest BCUT2D eigenvalue weighted by atomic mass is 16.5. The van der Waals surface area contributed by atoms with Gasteiger partial charge in [-0.1, -0.05) is 30.3 Å². The van der Waals surface area contributed by atoms with E-state index in [1.807, 2.05) is 25.1 Å². The molecule has 3 amide bonds. The van der Waals surface area contributed by atoms with Gasteiger partial charge in [0, 0.05) is 23.9 Å². The number of aryl methyl sites for hydroxylation is 1. The molecule has 1 aromatic heterocycles. The Balaban J connectivity index is 1.33. The van der Waals surface area contributed by atoms with Crippen molar-refractivity contribution in [2.24, 2.45) is 0 Å². The molecule has 0 spiro atoms. The summed E-state index contributed by atoms with van der Waals surface area (Å²) in [5.74, 6) is -0.131. The minimum atomic E-state index is -1.11. The number of ether oxygens (including phenoxy) is 3. The highest BCUT2D eigenvalue weighted by molar-refractivity contribution is 6.01. The Kier molecular flexibility index (Phi) is 11.9. The largest absolute Gasteiger partial charge is 0.495 e. The van der Waals surface area contributed by atoms with Crippen molar-refractivity contribution in [1.82, 2.24) is 10.3 Å². The number of carboxylic acids is 1. The van der Waals surface area contributed by atoms with Crippen LogP contribution in [-0.2, 0) is 16.0 Å². The lowest BCUT2D eigenvalue weighted by molar-refractivity contribution is -0.137. The molecule has 3 aromatic carbocycles. The number of nitrogens with one attached hydrogen (secondary N) is 4. The first kappa shape index (κ1) is 34.8. The maximum absolute atomic E-state index is 13.0. The minimum absolute atomic E-state index is 0.0257. The summed E-state index contributed by atoms with van der Waals surface area (Å²) in [4.78, 5) is 54.2. The van der Waals surface area contributed by atoms with Crippen LogP contribution in [0.4, 0.5) is 22.0 Å². The molecule has 4 rings (SSSR count). The number of hydrogen-bond acceptors (Lipinski definition) is 9. The Morgan fingerprint density at radius 2 is 1.54 bits per heavy atom. The van der Waals surface area contributed by atoms with Crippen LogP contribution in [0.2, 0.25) is 0 Å². The Morgan fingerprint density at radius 1 is 0.812 bits per heavy atom. The van der Waals surface area contributed by atoms with E-state index in [9.17, 15) is 24.3 Å². The fourth-order valence-corrected chi connectivity index (χ4v) is 4.78. The van der Waals surface area contributed by atoms with Crippen LogP contribution in [0, 0.1) is 6.92 Å². The average Bonchev–Trinajstić information content (AvgIpc) is 3.08. The molecule has 48 heavy (non-hydrogen) atoms. The normalized spacial score (nSPS) is 11.1. The molecule has 0 saturated heterocycles. The highest BCUT2D eigenvalue weighted by Gasteiger charge is 2.21. The first-order valence-electron chi connectivity index (χ1n) is 14.9. The first-order chi connectivity index (χ1) is 23.1. The van der Waals surface area contributed by atoms with Crippen molar-refractivity contribution in [1.29, 1.82) is 0 Å². The van der Waals surface area contributed by atoms with Crippen molar-refractivity contribution in [2.75, 3.05) is 43.8 Å². The lowest BCUT2D eigenvalue weighted by atomic mass is 10.0. The van der Waals surface area contributed by atoms with Crippen molar-refractivity contribution in [3.8, 4) is 17.2 Å². The molecule has 1 heterocycles. The molecule has 0 aliphatic carbocycles. The summed E-state index contributed by atoms with van der Waals surface area (Å²) >= 11 is 0. The van der Waals surface area contributed by atoms with Gasteiger partial charge in [-0.15, -0.1) is 0 Å². The van der Waals surface area contributed by atoms with Gasteiger partial charge in [0.05, 0.1) is 46.0 Å². The Hall–Kier alpha value is -6.11. The van der Waals surface area contributed by atoms with E-state index in [2.05, 4.69) is 26.3 Å². The quantitative estimate of drug-likeness (QED) is 0.114. The van der Waals surface area contributed by atoms with Crippen molar-refractivity contribution in [3.05, 3.63) is 101 Å². The molecule has 0 saturated carbocycles. The number of carbonyl (C=O) groups is 4.